The molecule has 0 radical (unpaired) electrons. The topological polar surface area (TPSA) is 50.2 Å². The first kappa shape index (κ1) is 13.1. The van der Waals surface area contributed by atoms with E-state index in [1.807, 2.05) is 54.6 Å². The predicted molar refractivity (Wildman–Crippen MR) is 82.3 cm³/mol. The van der Waals surface area contributed by atoms with Crippen molar-refractivity contribution in [3.05, 3.63) is 60.2 Å². The van der Waals surface area contributed by atoms with Gasteiger partial charge in [-0.15, -0.1) is 11.3 Å². The lowest BCUT2D eigenvalue weighted by molar-refractivity contribution is -0.136. The van der Waals surface area contributed by atoms with Crippen LogP contribution in [0.15, 0.2) is 58.9 Å². The molecule has 0 bridgehead atoms. The van der Waals surface area contributed by atoms with E-state index in [1.165, 1.54) is 23.1 Å². The molecule has 2 aromatic carbocycles. The summed E-state index contributed by atoms with van der Waals surface area (Å²) >= 11 is 2.81. The highest BCUT2D eigenvalue weighted by atomic mass is 32.2. The van der Waals surface area contributed by atoms with Gasteiger partial charge in [-0.05, 0) is 17.7 Å². The monoisotopic (exact) mass is 301 g/mol. The van der Waals surface area contributed by atoms with E-state index in [2.05, 4.69) is 4.98 Å². The van der Waals surface area contributed by atoms with Crippen molar-refractivity contribution in [2.24, 2.45) is 0 Å². The number of aliphatic carboxylic acids is 1. The van der Waals surface area contributed by atoms with E-state index < -0.39 is 11.2 Å². The molecule has 1 N–H and O–H groups in total. The molecule has 0 aliphatic heterocycles. The number of carboxylic acid groups (broad SMARTS) is 1. The van der Waals surface area contributed by atoms with Crippen LogP contribution in [0.5, 0.6) is 0 Å². The van der Waals surface area contributed by atoms with Crippen LogP contribution in [0.2, 0.25) is 0 Å². The number of thiazole rings is 1. The summed E-state index contributed by atoms with van der Waals surface area (Å²) in [6.07, 6.45) is 0. The number of rotatable bonds is 4. The number of para-hydroxylation sites is 1. The summed E-state index contributed by atoms with van der Waals surface area (Å²) in [5, 5.41) is 8.79. The van der Waals surface area contributed by atoms with Gasteiger partial charge in [0.25, 0.3) is 0 Å². The molecule has 1 unspecified atom stereocenters. The van der Waals surface area contributed by atoms with Gasteiger partial charge >= 0.3 is 5.97 Å². The first-order valence-corrected chi connectivity index (χ1v) is 7.73. The van der Waals surface area contributed by atoms with Gasteiger partial charge < -0.3 is 5.11 Å². The number of nitrogens with zero attached hydrogens (tertiary/aromatic N) is 1. The van der Waals surface area contributed by atoms with Gasteiger partial charge in [-0.25, -0.2) is 4.98 Å². The van der Waals surface area contributed by atoms with Gasteiger partial charge in [-0.1, -0.05) is 54.2 Å². The van der Waals surface area contributed by atoms with Crippen molar-refractivity contribution in [2.45, 2.75) is 9.59 Å². The fourth-order valence-electron chi connectivity index (χ4n) is 1.89. The maximum Gasteiger partial charge on any atom is 0.321 e. The van der Waals surface area contributed by atoms with Gasteiger partial charge in [0.2, 0.25) is 0 Å². The Morgan fingerprint density at radius 2 is 1.80 bits per heavy atom. The molecule has 0 saturated heterocycles. The summed E-state index contributed by atoms with van der Waals surface area (Å²) in [6, 6.07) is 17.1. The quantitative estimate of drug-likeness (QED) is 0.733. The SMILES string of the molecule is O=C(O)C(Sc1nc2ccccc2s1)c1ccccc1. The zero-order chi connectivity index (χ0) is 13.9. The van der Waals surface area contributed by atoms with E-state index in [4.69, 9.17) is 0 Å². The lowest BCUT2D eigenvalue weighted by Crippen LogP contribution is -2.07. The largest absolute Gasteiger partial charge is 0.480 e. The van der Waals surface area contributed by atoms with E-state index in [0.717, 1.165) is 20.1 Å². The van der Waals surface area contributed by atoms with Crippen LogP contribution in [-0.2, 0) is 4.79 Å². The molecule has 0 spiro atoms. The van der Waals surface area contributed by atoms with E-state index in [0.29, 0.717) is 0 Å². The summed E-state index contributed by atoms with van der Waals surface area (Å²) in [7, 11) is 0. The normalized spacial score (nSPS) is 12.4. The van der Waals surface area contributed by atoms with Crippen molar-refractivity contribution >= 4 is 39.3 Å². The zero-order valence-corrected chi connectivity index (χ0v) is 12.0. The summed E-state index contributed by atoms with van der Waals surface area (Å²) in [4.78, 5) is 16.0. The Hall–Kier alpha value is -1.85. The van der Waals surface area contributed by atoms with Crippen LogP contribution in [-0.4, -0.2) is 16.1 Å². The van der Waals surface area contributed by atoms with Gasteiger partial charge in [0, 0.05) is 0 Å². The van der Waals surface area contributed by atoms with Gasteiger partial charge in [-0.3, -0.25) is 4.79 Å². The molecular weight excluding hydrogens is 290 g/mol. The molecule has 1 aromatic heterocycles. The first-order valence-electron chi connectivity index (χ1n) is 6.04. The molecule has 3 aromatic rings. The molecule has 1 atom stereocenters. The standard InChI is InChI=1S/C15H11NO2S2/c17-14(18)13(10-6-2-1-3-7-10)20-15-16-11-8-4-5-9-12(11)19-15/h1-9,13H,(H,17,18). The molecule has 0 aliphatic rings. The molecular formula is C15H11NO2S2. The molecule has 1 heterocycles. The van der Waals surface area contributed by atoms with Gasteiger partial charge in [-0.2, -0.15) is 0 Å². The van der Waals surface area contributed by atoms with Crippen LogP contribution in [0.3, 0.4) is 0 Å². The second-order valence-corrected chi connectivity index (χ2v) is 6.58. The fourth-order valence-corrected chi connectivity index (χ4v) is 4.09. The van der Waals surface area contributed by atoms with Crippen LogP contribution >= 0.6 is 23.1 Å². The molecule has 5 heteroatoms. The maximum atomic E-state index is 11.5. The number of carbonyl (C=O) groups is 1. The average Bonchev–Trinajstić information content (AvgIpc) is 2.88. The van der Waals surface area contributed by atoms with Crippen LogP contribution in [0.4, 0.5) is 0 Å². The summed E-state index contributed by atoms with van der Waals surface area (Å²) in [5.41, 5.74) is 1.70. The zero-order valence-electron chi connectivity index (χ0n) is 10.4. The van der Waals surface area contributed by atoms with Crippen LogP contribution in [0.25, 0.3) is 10.2 Å². The number of hydrogen-bond donors (Lipinski definition) is 1. The Balaban J connectivity index is 1.92. The van der Waals surface area contributed by atoms with E-state index in [1.54, 1.807) is 0 Å². The van der Waals surface area contributed by atoms with Crippen molar-refractivity contribution in [1.29, 1.82) is 0 Å². The minimum Gasteiger partial charge on any atom is -0.480 e. The lowest BCUT2D eigenvalue weighted by Gasteiger charge is -2.09. The summed E-state index contributed by atoms with van der Waals surface area (Å²) in [5.74, 6) is -0.847. The number of hydrogen-bond acceptors (Lipinski definition) is 4. The lowest BCUT2D eigenvalue weighted by atomic mass is 10.1. The Morgan fingerprint density at radius 3 is 2.50 bits per heavy atom. The van der Waals surface area contributed by atoms with E-state index in [-0.39, 0.29) is 0 Å². The number of fused-ring (bicyclic) bond motifs is 1. The highest BCUT2D eigenvalue weighted by Crippen LogP contribution is 2.39. The van der Waals surface area contributed by atoms with Gasteiger partial charge in [0.1, 0.15) is 5.25 Å². The third kappa shape index (κ3) is 2.69. The number of aromatic nitrogens is 1. The van der Waals surface area contributed by atoms with Crippen molar-refractivity contribution in [2.75, 3.05) is 0 Å². The number of carboxylic acids is 1. The highest BCUT2D eigenvalue weighted by Gasteiger charge is 2.22. The van der Waals surface area contributed by atoms with Crippen molar-refractivity contribution < 1.29 is 9.90 Å². The second kappa shape index (κ2) is 5.64. The number of thioether (sulfide) groups is 1. The Morgan fingerprint density at radius 1 is 1.10 bits per heavy atom. The highest BCUT2D eigenvalue weighted by molar-refractivity contribution is 8.02. The first-order chi connectivity index (χ1) is 9.74. The minimum atomic E-state index is -0.847. The Bertz CT molecular complexity index is 707. The molecule has 100 valence electrons. The van der Waals surface area contributed by atoms with Crippen molar-refractivity contribution in [3.8, 4) is 0 Å². The van der Waals surface area contributed by atoms with Crippen LogP contribution in [0, 0.1) is 0 Å². The molecule has 3 rings (SSSR count). The smallest absolute Gasteiger partial charge is 0.321 e. The Labute approximate surface area is 124 Å². The third-order valence-corrected chi connectivity index (χ3v) is 5.19. The van der Waals surface area contributed by atoms with Crippen LogP contribution in [0.1, 0.15) is 10.8 Å². The Kier molecular flexibility index (Phi) is 3.71. The van der Waals surface area contributed by atoms with Gasteiger partial charge in [0.05, 0.1) is 10.2 Å². The number of benzene rings is 2. The predicted octanol–water partition coefficient (Wildman–Crippen LogP) is 4.21. The summed E-state index contributed by atoms with van der Waals surface area (Å²) < 4.78 is 1.86. The summed E-state index contributed by atoms with van der Waals surface area (Å²) in [6.45, 7) is 0. The molecule has 3 nitrogen and oxygen atoms in total. The molecule has 0 aliphatic carbocycles. The molecule has 0 amide bonds. The second-order valence-electron chi connectivity index (χ2n) is 4.19. The van der Waals surface area contributed by atoms with Crippen LogP contribution < -0.4 is 0 Å². The molecule has 20 heavy (non-hydrogen) atoms. The van der Waals surface area contributed by atoms with E-state index >= 15 is 0 Å². The minimum absolute atomic E-state index is 0.628. The van der Waals surface area contributed by atoms with Crippen molar-refractivity contribution in [1.82, 2.24) is 4.98 Å². The average molecular weight is 301 g/mol. The van der Waals surface area contributed by atoms with Crippen molar-refractivity contribution in [3.63, 3.8) is 0 Å². The van der Waals surface area contributed by atoms with E-state index in [9.17, 15) is 9.90 Å². The molecule has 0 fully saturated rings. The third-order valence-electron chi connectivity index (χ3n) is 2.82. The molecule has 0 saturated carbocycles. The van der Waals surface area contributed by atoms with Gasteiger partial charge in [0.15, 0.2) is 4.34 Å². The fraction of sp³-hybridized carbons (Fsp3) is 0.0667. The maximum absolute atomic E-state index is 11.5.